The molecule has 2 saturated heterocycles. The maximum absolute atomic E-state index is 4.40. The maximum Gasteiger partial charge on any atom is 0.191 e. The molecule has 0 aromatic heterocycles. The predicted octanol–water partition coefficient (Wildman–Crippen LogP) is 1.99. The zero-order valence-electron chi connectivity index (χ0n) is 15.2. The lowest BCUT2D eigenvalue weighted by Crippen LogP contribution is -2.49. The fourth-order valence-electron chi connectivity index (χ4n) is 3.61. The van der Waals surface area contributed by atoms with E-state index in [0.717, 1.165) is 18.4 Å². The van der Waals surface area contributed by atoms with Gasteiger partial charge in [0, 0.05) is 39.3 Å². The summed E-state index contributed by atoms with van der Waals surface area (Å²) in [5, 5.41) is 7.15. The average Bonchev–Trinajstić information content (AvgIpc) is 3.01. The third-order valence-electron chi connectivity index (χ3n) is 5.07. The fraction of sp³-hybridized carbons (Fsp3) is 0.941. The van der Waals surface area contributed by atoms with Gasteiger partial charge >= 0.3 is 0 Å². The number of guanidine groups is 1. The molecule has 2 heterocycles. The number of hydrogen-bond donors (Lipinski definition) is 2. The third kappa shape index (κ3) is 7.13. The molecular weight excluding hydrogens is 401 g/mol. The van der Waals surface area contributed by atoms with E-state index in [1.165, 1.54) is 65.0 Å². The van der Waals surface area contributed by atoms with Gasteiger partial charge in [-0.05, 0) is 51.2 Å². The maximum atomic E-state index is 4.40. The van der Waals surface area contributed by atoms with Crippen molar-refractivity contribution in [3.8, 4) is 0 Å². The van der Waals surface area contributed by atoms with Crippen LogP contribution in [0.2, 0.25) is 0 Å². The first-order chi connectivity index (χ1) is 10.7. The molecule has 2 fully saturated rings. The molecule has 0 aromatic carbocycles. The summed E-state index contributed by atoms with van der Waals surface area (Å²) < 4.78 is 0. The molecule has 6 heteroatoms. The van der Waals surface area contributed by atoms with Crippen molar-refractivity contribution in [2.75, 3.05) is 52.9 Å². The van der Waals surface area contributed by atoms with Crippen molar-refractivity contribution >= 4 is 29.9 Å². The molecule has 5 nitrogen and oxygen atoms in total. The Kier molecular flexibility index (Phi) is 10.5. The molecule has 0 amide bonds. The lowest BCUT2D eigenvalue weighted by atomic mass is 10.1. The second kappa shape index (κ2) is 11.5. The normalized spacial score (nSPS) is 24.5. The molecule has 136 valence electrons. The molecule has 0 aliphatic carbocycles. The highest BCUT2D eigenvalue weighted by molar-refractivity contribution is 14.0. The summed E-state index contributed by atoms with van der Waals surface area (Å²) in [7, 11) is 1.88. The van der Waals surface area contributed by atoms with Gasteiger partial charge in [0.25, 0.3) is 0 Å². The monoisotopic (exact) mass is 437 g/mol. The molecule has 1 atom stereocenters. The number of nitrogens with zero attached hydrogens (tertiary/aromatic N) is 3. The van der Waals surface area contributed by atoms with E-state index >= 15 is 0 Å². The van der Waals surface area contributed by atoms with E-state index in [1.54, 1.807) is 0 Å². The van der Waals surface area contributed by atoms with Crippen molar-refractivity contribution in [2.24, 2.45) is 10.9 Å². The second-order valence-electron chi connectivity index (χ2n) is 6.76. The van der Waals surface area contributed by atoms with E-state index in [2.05, 4.69) is 39.3 Å². The van der Waals surface area contributed by atoms with Crippen LogP contribution < -0.4 is 10.6 Å². The average molecular weight is 437 g/mol. The molecule has 2 aliphatic heterocycles. The highest BCUT2D eigenvalue weighted by atomic mass is 127. The number of halogens is 1. The summed E-state index contributed by atoms with van der Waals surface area (Å²) in [6.45, 7) is 12.9. The first-order valence-corrected chi connectivity index (χ1v) is 9.17. The van der Waals surface area contributed by atoms with E-state index in [1.807, 2.05) is 7.05 Å². The first-order valence-electron chi connectivity index (χ1n) is 9.17. The predicted molar refractivity (Wildman–Crippen MR) is 110 cm³/mol. The minimum Gasteiger partial charge on any atom is -0.356 e. The highest BCUT2D eigenvalue weighted by Crippen LogP contribution is 2.14. The van der Waals surface area contributed by atoms with Crippen LogP contribution in [0.25, 0.3) is 0 Å². The zero-order chi connectivity index (χ0) is 15.8. The Morgan fingerprint density at radius 3 is 2.35 bits per heavy atom. The first kappa shape index (κ1) is 21.0. The van der Waals surface area contributed by atoms with Crippen LogP contribution in [0.15, 0.2) is 4.99 Å². The number of rotatable bonds is 6. The second-order valence-corrected chi connectivity index (χ2v) is 6.76. The molecule has 0 spiro atoms. The number of likely N-dealkylation sites (tertiary alicyclic amines) is 2. The van der Waals surface area contributed by atoms with Gasteiger partial charge in [0.1, 0.15) is 0 Å². The Hall–Kier alpha value is -0.0800. The smallest absolute Gasteiger partial charge is 0.191 e. The molecule has 2 aliphatic rings. The van der Waals surface area contributed by atoms with Gasteiger partial charge in [0.15, 0.2) is 5.96 Å². The minimum atomic E-state index is 0. The molecular formula is C17H36IN5. The molecule has 0 aromatic rings. The van der Waals surface area contributed by atoms with Crippen molar-refractivity contribution in [1.82, 2.24) is 20.4 Å². The van der Waals surface area contributed by atoms with E-state index < -0.39 is 0 Å². The van der Waals surface area contributed by atoms with Gasteiger partial charge in [0.05, 0.1) is 0 Å². The fourth-order valence-corrected chi connectivity index (χ4v) is 3.61. The Balaban J connectivity index is 0.00000264. The van der Waals surface area contributed by atoms with Crippen molar-refractivity contribution in [2.45, 2.75) is 45.6 Å². The van der Waals surface area contributed by atoms with Gasteiger partial charge in [-0.25, -0.2) is 0 Å². The van der Waals surface area contributed by atoms with Gasteiger partial charge in [-0.1, -0.05) is 13.8 Å². The van der Waals surface area contributed by atoms with Crippen molar-refractivity contribution in [1.29, 1.82) is 0 Å². The van der Waals surface area contributed by atoms with Crippen LogP contribution in [0.4, 0.5) is 0 Å². The lowest BCUT2D eigenvalue weighted by molar-refractivity contribution is 0.206. The van der Waals surface area contributed by atoms with E-state index in [-0.39, 0.29) is 24.0 Å². The quantitative estimate of drug-likeness (QED) is 0.379. The van der Waals surface area contributed by atoms with Crippen molar-refractivity contribution in [3.63, 3.8) is 0 Å². The van der Waals surface area contributed by atoms with Crippen LogP contribution in [0.1, 0.15) is 39.5 Å². The summed E-state index contributed by atoms with van der Waals surface area (Å²) in [4.78, 5) is 9.51. The van der Waals surface area contributed by atoms with Crippen molar-refractivity contribution < 1.29 is 0 Å². The number of aliphatic imine (C=N–C) groups is 1. The van der Waals surface area contributed by atoms with Crippen LogP contribution >= 0.6 is 24.0 Å². The van der Waals surface area contributed by atoms with Gasteiger partial charge < -0.3 is 20.4 Å². The van der Waals surface area contributed by atoms with Gasteiger partial charge in [-0.15, -0.1) is 24.0 Å². The molecule has 0 saturated carbocycles. The van der Waals surface area contributed by atoms with E-state index in [4.69, 9.17) is 0 Å². The summed E-state index contributed by atoms with van der Waals surface area (Å²) in [5.74, 6) is 1.76. The summed E-state index contributed by atoms with van der Waals surface area (Å²) >= 11 is 0. The van der Waals surface area contributed by atoms with Gasteiger partial charge in [0.2, 0.25) is 0 Å². The van der Waals surface area contributed by atoms with Crippen LogP contribution in [-0.2, 0) is 0 Å². The van der Waals surface area contributed by atoms with Crippen LogP contribution in [-0.4, -0.2) is 74.7 Å². The highest BCUT2D eigenvalue weighted by Gasteiger charge is 2.22. The minimum absolute atomic E-state index is 0. The Bertz CT molecular complexity index is 342. The summed E-state index contributed by atoms with van der Waals surface area (Å²) in [6, 6.07) is 0.579. The van der Waals surface area contributed by atoms with Gasteiger partial charge in [-0.3, -0.25) is 4.99 Å². The number of hydrogen-bond acceptors (Lipinski definition) is 3. The zero-order valence-corrected chi connectivity index (χ0v) is 17.5. The molecule has 0 radical (unpaired) electrons. The third-order valence-corrected chi connectivity index (χ3v) is 5.07. The molecule has 0 bridgehead atoms. The number of nitrogens with one attached hydrogen (secondary N) is 2. The van der Waals surface area contributed by atoms with E-state index in [0.29, 0.717) is 6.04 Å². The number of piperidine rings is 1. The van der Waals surface area contributed by atoms with E-state index in [9.17, 15) is 0 Å². The van der Waals surface area contributed by atoms with Gasteiger partial charge in [-0.2, -0.15) is 0 Å². The summed E-state index contributed by atoms with van der Waals surface area (Å²) in [6.07, 6.45) is 5.03. The van der Waals surface area contributed by atoms with Crippen LogP contribution in [0.5, 0.6) is 0 Å². The van der Waals surface area contributed by atoms with Crippen LogP contribution in [0, 0.1) is 5.92 Å². The lowest BCUT2D eigenvalue weighted by Gasteiger charge is -2.33. The summed E-state index contributed by atoms with van der Waals surface area (Å²) in [5.41, 5.74) is 0. The molecule has 1 unspecified atom stereocenters. The Morgan fingerprint density at radius 2 is 1.78 bits per heavy atom. The molecule has 23 heavy (non-hydrogen) atoms. The SMILES string of the molecule is CCCN1CCC(NC(=NC)NCC2CCN(CC)C2)CC1.I. The Labute approximate surface area is 159 Å². The molecule has 2 rings (SSSR count). The van der Waals surface area contributed by atoms with Crippen molar-refractivity contribution in [3.05, 3.63) is 0 Å². The Morgan fingerprint density at radius 1 is 1.09 bits per heavy atom. The standard InChI is InChI=1S/C17H35N5.HI/c1-4-9-22-11-7-16(8-12-22)20-17(18-3)19-13-15-6-10-21(5-2)14-15;/h15-16H,4-14H2,1-3H3,(H2,18,19,20);1H. The van der Waals surface area contributed by atoms with Crippen LogP contribution in [0.3, 0.4) is 0 Å². The largest absolute Gasteiger partial charge is 0.356 e. The molecule has 2 N–H and O–H groups in total. The topological polar surface area (TPSA) is 42.9 Å².